The monoisotopic (exact) mass is 748 g/mol. The van der Waals surface area contributed by atoms with Crippen LogP contribution in [-0.4, -0.2) is 21.1 Å². The van der Waals surface area contributed by atoms with Crippen LogP contribution in [0.3, 0.4) is 0 Å². The summed E-state index contributed by atoms with van der Waals surface area (Å²) in [5, 5.41) is 22.2. The summed E-state index contributed by atoms with van der Waals surface area (Å²) in [7, 11) is 0. The topological polar surface area (TPSA) is 63.1 Å². The second-order valence-electron chi connectivity index (χ2n) is 10.0. The average Bonchev–Trinajstić information content (AvgIpc) is 3.39. The third kappa shape index (κ3) is 7.09. The van der Waals surface area contributed by atoms with Crippen LogP contribution in [0.2, 0.25) is 0 Å². The normalized spacial score (nSPS) is 11.7. The minimum Gasteiger partial charge on any atom is -0.512 e. The smallest absolute Gasteiger partial charge is 0.162 e. The van der Waals surface area contributed by atoms with Crippen molar-refractivity contribution in [2.45, 2.75) is 60.3 Å². The maximum Gasteiger partial charge on any atom is 0.162 e. The average molecular weight is 748 g/mol. The van der Waals surface area contributed by atoms with Gasteiger partial charge in [0.1, 0.15) is 5.82 Å². The zero-order valence-electron chi connectivity index (χ0n) is 24.1. The van der Waals surface area contributed by atoms with Gasteiger partial charge in [-0.2, -0.15) is 10.2 Å². The first-order chi connectivity index (χ1) is 19.3. The minimum absolute atomic E-state index is 0. The Balaban J connectivity index is 0.000000253. The van der Waals surface area contributed by atoms with Crippen LogP contribution in [0.15, 0.2) is 66.4 Å². The molecule has 0 aliphatic carbocycles. The summed E-state index contributed by atoms with van der Waals surface area (Å²) < 4.78 is 16.3. The van der Waals surface area contributed by atoms with Crippen molar-refractivity contribution < 1.29 is 34.4 Å². The second-order valence-corrected chi connectivity index (χ2v) is 11.1. The minimum atomic E-state index is -0.233. The van der Waals surface area contributed by atoms with Crippen molar-refractivity contribution in [2.75, 3.05) is 0 Å². The summed E-state index contributed by atoms with van der Waals surface area (Å²) in [6, 6.07) is 20.9. The quantitative estimate of drug-likeness (QED) is 0.0744. The number of fused-ring (bicyclic) bond motifs is 3. The number of ketones is 1. The number of aryl methyl sites for hydroxylation is 1. The number of nitrogens with zero attached hydrogens (tertiary/aromatic N) is 2. The molecule has 0 saturated heterocycles. The Kier molecular flexibility index (Phi) is 11.7. The molecule has 1 radical (unpaired) electrons. The number of aliphatic hydroxyl groups excluding tert-OH is 1. The van der Waals surface area contributed by atoms with Gasteiger partial charge in [0.05, 0.1) is 11.5 Å². The fraction of sp³-hybridized carbons (Fsp3) is 0.324. The number of carbonyl (C=O) groups excluding carboxylic acids is 1. The van der Waals surface area contributed by atoms with Crippen LogP contribution in [-0.2, 0) is 24.9 Å². The molecule has 1 N–H and O–H groups in total. The van der Waals surface area contributed by atoms with E-state index in [1.807, 2.05) is 70.2 Å². The van der Waals surface area contributed by atoms with E-state index in [2.05, 4.69) is 22.3 Å². The van der Waals surface area contributed by atoms with Crippen molar-refractivity contribution in [3.63, 3.8) is 0 Å². The zero-order chi connectivity index (χ0) is 28.8. The number of hydrogen-bond acceptors (Lipinski definition) is 5. The molecule has 2 heterocycles. The van der Waals surface area contributed by atoms with E-state index in [1.54, 1.807) is 24.3 Å². The predicted octanol–water partition coefficient (Wildman–Crippen LogP) is 9.78. The molecule has 4 nitrogen and oxygen atoms in total. The second kappa shape index (κ2) is 14.8. The number of aliphatic hydroxyl groups is 1. The van der Waals surface area contributed by atoms with Gasteiger partial charge in [-0.3, -0.25) is 4.79 Å². The van der Waals surface area contributed by atoms with Gasteiger partial charge in [-0.25, -0.2) is 15.7 Å². The molecular formula is C34H36FIrN2O2S-. The summed E-state index contributed by atoms with van der Waals surface area (Å²) in [5.41, 5.74) is 1.29. The van der Waals surface area contributed by atoms with Gasteiger partial charge >= 0.3 is 0 Å². The summed E-state index contributed by atoms with van der Waals surface area (Å²) in [4.78, 5) is 12.6. The number of thiophene rings is 1. The Labute approximate surface area is 259 Å². The maximum absolute atomic E-state index is 15.2. The van der Waals surface area contributed by atoms with Crippen molar-refractivity contribution in [1.82, 2.24) is 10.2 Å². The standard InChI is InChI=1S/C21H12FN2S.C13H24O2.Ir/c1-12-19-16(10-13-6-2-4-8-15(13)20(19)22)21(24-23-12)18-11-14-7-3-5-9-17(14)25-18;1-5-10(6-2)12(14)9-13(15)11(7-3)8-4;/h2-10H,1H3;9-11,14H,5-8H2,1-4H3;/q-1;;/b;12-9-;. The van der Waals surface area contributed by atoms with E-state index in [4.69, 9.17) is 0 Å². The maximum atomic E-state index is 15.2. The number of carbonyl (C=O) groups is 1. The Morgan fingerprint density at radius 3 is 2.24 bits per heavy atom. The van der Waals surface area contributed by atoms with Gasteiger partial charge in [-0.05, 0) is 53.0 Å². The van der Waals surface area contributed by atoms with E-state index in [0.717, 1.165) is 51.4 Å². The van der Waals surface area contributed by atoms with E-state index < -0.39 is 0 Å². The van der Waals surface area contributed by atoms with Crippen molar-refractivity contribution >= 4 is 48.8 Å². The third-order valence-corrected chi connectivity index (χ3v) is 8.62. The Bertz CT molecular complexity index is 1640. The van der Waals surface area contributed by atoms with E-state index in [9.17, 15) is 9.90 Å². The van der Waals surface area contributed by atoms with Gasteiger partial charge in [0.25, 0.3) is 0 Å². The molecule has 0 aliphatic heterocycles. The molecule has 41 heavy (non-hydrogen) atoms. The van der Waals surface area contributed by atoms with Gasteiger partial charge in [0, 0.05) is 54.5 Å². The van der Waals surface area contributed by atoms with Crippen LogP contribution in [0, 0.1) is 30.6 Å². The number of benzene rings is 3. The number of rotatable bonds is 8. The van der Waals surface area contributed by atoms with Crippen LogP contribution in [0.5, 0.6) is 0 Å². The van der Waals surface area contributed by atoms with Crippen LogP contribution < -0.4 is 0 Å². The van der Waals surface area contributed by atoms with Crippen LogP contribution >= 0.6 is 11.3 Å². The van der Waals surface area contributed by atoms with Crippen molar-refractivity contribution in [1.29, 1.82) is 0 Å². The first kappa shape index (κ1) is 32.5. The molecule has 0 amide bonds. The summed E-state index contributed by atoms with van der Waals surface area (Å²) in [5.74, 6) is 0.314. The van der Waals surface area contributed by atoms with Gasteiger partial charge in [-0.15, -0.1) is 23.6 Å². The number of hydrogen-bond donors (Lipinski definition) is 1. The molecule has 0 aliphatic rings. The van der Waals surface area contributed by atoms with Crippen molar-refractivity contribution in [3.05, 3.63) is 84.0 Å². The molecule has 0 fully saturated rings. The van der Waals surface area contributed by atoms with Crippen molar-refractivity contribution in [3.8, 4) is 10.6 Å². The van der Waals surface area contributed by atoms with Crippen molar-refractivity contribution in [2.24, 2.45) is 11.8 Å². The Hall–Kier alpha value is -2.99. The fourth-order valence-electron chi connectivity index (χ4n) is 5.04. The number of aromatic nitrogens is 2. The summed E-state index contributed by atoms with van der Waals surface area (Å²) >= 11 is 1.60. The summed E-state index contributed by atoms with van der Waals surface area (Å²) in [6.45, 7) is 9.87. The predicted molar refractivity (Wildman–Crippen MR) is 165 cm³/mol. The molecule has 7 heteroatoms. The number of allylic oxidation sites excluding steroid dienone is 2. The summed E-state index contributed by atoms with van der Waals surface area (Å²) in [6.07, 6.45) is 4.91. The zero-order valence-corrected chi connectivity index (χ0v) is 27.3. The van der Waals surface area contributed by atoms with Crippen LogP contribution in [0.1, 0.15) is 59.1 Å². The van der Waals surface area contributed by atoms with Gasteiger partial charge in [0.15, 0.2) is 5.78 Å². The molecule has 5 aromatic rings. The van der Waals surface area contributed by atoms with Gasteiger partial charge in [-0.1, -0.05) is 70.2 Å². The van der Waals surface area contributed by atoms with E-state index in [1.165, 1.54) is 6.08 Å². The van der Waals surface area contributed by atoms with E-state index in [0.29, 0.717) is 22.2 Å². The first-order valence-corrected chi connectivity index (χ1v) is 14.8. The fourth-order valence-corrected chi connectivity index (χ4v) is 6.05. The molecule has 2 aromatic heterocycles. The molecule has 0 saturated carbocycles. The largest absolute Gasteiger partial charge is 0.512 e. The first-order valence-electron chi connectivity index (χ1n) is 14.0. The van der Waals surface area contributed by atoms with E-state index >= 15 is 4.39 Å². The molecule has 3 aromatic carbocycles. The molecule has 0 spiro atoms. The molecular weight excluding hydrogens is 712 g/mol. The molecule has 0 bridgehead atoms. The van der Waals surface area contributed by atoms with Crippen LogP contribution in [0.4, 0.5) is 4.39 Å². The molecule has 0 unspecified atom stereocenters. The Morgan fingerprint density at radius 1 is 0.951 bits per heavy atom. The van der Waals surface area contributed by atoms with E-state index in [-0.39, 0.29) is 49.3 Å². The van der Waals surface area contributed by atoms with Gasteiger partial charge < -0.3 is 5.11 Å². The van der Waals surface area contributed by atoms with Crippen LogP contribution in [0.25, 0.3) is 42.2 Å². The molecule has 217 valence electrons. The Morgan fingerprint density at radius 2 is 1.59 bits per heavy atom. The third-order valence-electron chi connectivity index (χ3n) is 7.55. The number of halogens is 1. The molecule has 5 rings (SSSR count). The van der Waals surface area contributed by atoms with Gasteiger partial charge in [0.2, 0.25) is 0 Å². The SMILES string of the molecule is CCC(CC)C(=O)/C=C(\O)C(CC)CC.Cc1nnc(-c2[c-]c3ccccc3s2)c2cc3ccccc3c(F)c12.[Ir]. The molecule has 0 atom stereocenters.